The third-order valence-corrected chi connectivity index (χ3v) is 5.49. The van der Waals surface area contributed by atoms with E-state index in [-0.39, 0.29) is 34.0 Å². The van der Waals surface area contributed by atoms with Crippen LogP contribution in [0.4, 0.5) is 4.39 Å². The van der Waals surface area contributed by atoms with Crippen molar-refractivity contribution in [1.29, 1.82) is 0 Å². The van der Waals surface area contributed by atoms with Crippen LogP contribution in [0.5, 0.6) is 0 Å². The van der Waals surface area contributed by atoms with Crippen molar-refractivity contribution >= 4 is 26.8 Å². The van der Waals surface area contributed by atoms with Crippen LogP contribution in [-0.2, 0) is 9.84 Å². The summed E-state index contributed by atoms with van der Waals surface area (Å²) in [6, 6.07) is 1.75. The summed E-state index contributed by atoms with van der Waals surface area (Å²) in [7, 11) is -3.14. The third-order valence-electron chi connectivity index (χ3n) is 3.59. The van der Waals surface area contributed by atoms with Crippen LogP contribution in [0.25, 0.3) is 11.0 Å². The highest BCUT2D eigenvalue weighted by molar-refractivity contribution is 7.91. The number of halogens is 1. The minimum absolute atomic E-state index is 0.0373. The summed E-state index contributed by atoms with van der Waals surface area (Å²) in [5, 5.41) is 12.5. The fourth-order valence-corrected chi connectivity index (χ4v) is 4.67. The highest BCUT2D eigenvalue weighted by Gasteiger charge is 2.36. The van der Waals surface area contributed by atoms with Crippen molar-refractivity contribution in [2.75, 3.05) is 11.5 Å². The van der Waals surface area contributed by atoms with Crippen molar-refractivity contribution < 1.29 is 17.6 Å². The minimum Gasteiger partial charge on any atom is -0.348 e. The van der Waals surface area contributed by atoms with Gasteiger partial charge in [-0.25, -0.2) is 12.8 Å². The molecule has 1 amide bonds. The third kappa shape index (κ3) is 2.60. The molecule has 0 saturated carbocycles. The first-order valence-electron chi connectivity index (χ1n) is 6.37. The maximum Gasteiger partial charge on any atom is 0.253 e. The van der Waals surface area contributed by atoms with Crippen LogP contribution >= 0.6 is 0 Å². The Bertz CT molecular complexity index is 817. The smallest absolute Gasteiger partial charge is 0.253 e. The molecule has 0 aliphatic carbocycles. The lowest BCUT2D eigenvalue weighted by Crippen LogP contribution is -2.39. The lowest BCUT2D eigenvalue weighted by Gasteiger charge is -2.15. The van der Waals surface area contributed by atoms with Crippen LogP contribution in [0.15, 0.2) is 12.1 Å². The average molecular weight is 312 g/mol. The zero-order chi connectivity index (χ0) is 15.2. The molecule has 0 spiro atoms. The van der Waals surface area contributed by atoms with E-state index >= 15 is 0 Å². The van der Waals surface area contributed by atoms with Gasteiger partial charge in [-0.2, -0.15) is 15.4 Å². The van der Waals surface area contributed by atoms with Gasteiger partial charge in [0.1, 0.15) is 16.9 Å². The van der Waals surface area contributed by atoms with Crippen molar-refractivity contribution in [2.24, 2.45) is 5.92 Å². The van der Waals surface area contributed by atoms with Crippen LogP contribution in [0.3, 0.4) is 0 Å². The molecule has 1 fully saturated rings. The molecule has 2 atom stereocenters. The topological polar surface area (TPSA) is 105 Å². The number of aromatic nitrogens is 3. The van der Waals surface area contributed by atoms with Crippen LogP contribution < -0.4 is 5.32 Å². The maximum absolute atomic E-state index is 13.5. The molecule has 7 nitrogen and oxygen atoms in total. The largest absolute Gasteiger partial charge is 0.348 e. The summed E-state index contributed by atoms with van der Waals surface area (Å²) in [5.74, 6) is -1.39. The monoisotopic (exact) mass is 312 g/mol. The van der Waals surface area contributed by atoms with E-state index in [0.29, 0.717) is 0 Å². The number of benzene rings is 1. The van der Waals surface area contributed by atoms with Crippen molar-refractivity contribution in [2.45, 2.75) is 13.0 Å². The first-order valence-corrected chi connectivity index (χ1v) is 8.19. The SMILES string of the molecule is C[C@H]1CS(=O)(=O)C[C@H]1NC(=O)c1cc(F)cc2n[nH]nc12. The van der Waals surface area contributed by atoms with E-state index < -0.39 is 27.6 Å². The Balaban J connectivity index is 1.90. The predicted octanol–water partition coefficient (Wildman–Crippen LogP) is 0.260. The number of hydrogen-bond donors (Lipinski definition) is 2. The summed E-state index contributed by atoms with van der Waals surface area (Å²) in [5.41, 5.74) is 0.532. The number of carbonyl (C=O) groups is 1. The van der Waals surface area contributed by atoms with Crippen molar-refractivity contribution in [3.8, 4) is 0 Å². The molecule has 0 bridgehead atoms. The molecule has 1 aromatic heterocycles. The zero-order valence-corrected chi connectivity index (χ0v) is 11.9. The minimum atomic E-state index is -3.14. The van der Waals surface area contributed by atoms with Gasteiger partial charge in [0.15, 0.2) is 9.84 Å². The predicted molar refractivity (Wildman–Crippen MR) is 72.9 cm³/mol. The molecule has 9 heteroatoms. The number of hydrogen-bond acceptors (Lipinski definition) is 5. The van der Waals surface area contributed by atoms with Gasteiger partial charge in [-0.3, -0.25) is 4.79 Å². The number of nitrogens with one attached hydrogen (secondary N) is 2. The molecule has 1 saturated heterocycles. The average Bonchev–Trinajstić information content (AvgIpc) is 2.92. The number of carbonyl (C=O) groups excluding carboxylic acids is 1. The molecule has 0 unspecified atom stereocenters. The molecule has 1 aromatic carbocycles. The van der Waals surface area contributed by atoms with Crippen LogP contribution in [0, 0.1) is 11.7 Å². The Kier molecular flexibility index (Phi) is 3.16. The number of amides is 1. The lowest BCUT2D eigenvalue weighted by molar-refractivity contribution is 0.0934. The van der Waals surface area contributed by atoms with Gasteiger partial charge in [0.25, 0.3) is 5.91 Å². The Morgan fingerprint density at radius 1 is 1.38 bits per heavy atom. The normalized spacial score (nSPS) is 24.3. The van der Waals surface area contributed by atoms with Gasteiger partial charge in [0.05, 0.1) is 17.1 Å². The van der Waals surface area contributed by atoms with Crippen molar-refractivity contribution in [3.05, 3.63) is 23.5 Å². The van der Waals surface area contributed by atoms with Crippen LogP contribution in [0.2, 0.25) is 0 Å². The molecule has 0 radical (unpaired) electrons. The van der Waals surface area contributed by atoms with Gasteiger partial charge in [0.2, 0.25) is 0 Å². The second-order valence-electron chi connectivity index (χ2n) is 5.28. The Hall–Kier alpha value is -2.03. The Labute approximate surface area is 119 Å². The highest BCUT2D eigenvalue weighted by atomic mass is 32.2. The second kappa shape index (κ2) is 4.76. The maximum atomic E-state index is 13.5. The first-order chi connectivity index (χ1) is 9.85. The summed E-state index contributed by atoms with van der Waals surface area (Å²) in [4.78, 5) is 12.3. The number of sulfone groups is 1. The molecule has 21 heavy (non-hydrogen) atoms. The molecular weight excluding hydrogens is 299 g/mol. The highest BCUT2D eigenvalue weighted by Crippen LogP contribution is 2.21. The summed E-state index contributed by atoms with van der Waals surface area (Å²) in [6.07, 6.45) is 0. The molecular formula is C12H13FN4O3S. The van der Waals surface area contributed by atoms with E-state index in [1.807, 2.05) is 0 Å². The number of nitrogens with zero attached hydrogens (tertiary/aromatic N) is 2. The summed E-state index contributed by atoms with van der Waals surface area (Å²) < 4.78 is 36.6. The van der Waals surface area contributed by atoms with Crippen molar-refractivity contribution in [3.63, 3.8) is 0 Å². The molecule has 1 aliphatic rings. The first kappa shape index (κ1) is 13.9. The van der Waals surface area contributed by atoms with E-state index in [2.05, 4.69) is 20.7 Å². The summed E-state index contributed by atoms with van der Waals surface area (Å²) >= 11 is 0. The number of aromatic amines is 1. The quantitative estimate of drug-likeness (QED) is 0.827. The van der Waals surface area contributed by atoms with Crippen LogP contribution in [-0.4, -0.2) is 47.3 Å². The van der Waals surface area contributed by atoms with Gasteiger partial charge in [-0.15, -0.1) is 0 Å². The lowest BCUT2D eigenvalue weighted by atomic mass is 10.1. The fraction of sp³-hybridized carbons (Fsp3) is 0.417. The Morgan fingerprint density at radius 2 is 2.14 bits per heavy atom. The number of fused-ring (bicyclic) bond motifs is 1. The van der Waals surface area contributed by atoms with Gasteiger partial charge in [0, 0.05) is 12.1 Å². The number of rotatable bonds is 2. The van der Waals surface area contributed by atoms with Crippen LogP contribution in [0.1, 0.15) is 17.3 Å². The molecule has 2 aromatic rings. The molecule has 112 valence electrons. The fourth-order valence-electron chi connectivity index (χ4n) is 2.54. The zero-order valence-electron chi connectivity index (χ0n) is 11.1. The molecule has 1 aliphatic heterocycles. The van der Waals surface area contributed by atoms with Crippen molar-refractivity contribution in [1.82, 2.24) is 20.7 Å². The van der Waals surface area contributed by atoms with E-state index in [9.17, 15) is 17.6 Å². The van der Waals surface area contributed by atoms with E-state index in [1.165, 1.54) is 0 Å². The van der Waals surface area contributed by atoms with E-state index in [1.54, 1.807) is 6.92 Å². The van der Waals surface area contributed by atoms with E-state index in [0.717, 1.165) is 12.1 Å². The second-order valence-corrected chi connectivity index (χ2v) is 7.43. The molecule has 2 heterocycles. The summed E-state index contributed by atoms with van der Waals surface area (Å²) in [6.45, 7) is 1.76. The van der Waals surface area contributed by atoms with Gasteiger partial charge < -0.3 is 5.32 Å². The Morgan fingerprint density at radius 3 is 2.81 bits per heavy atom. The van der Waals surface area contributed by atoms with Gasteiger partial charge >= 0.3 is 0 Å². The van der Waals surface area contributed by atoms with Gasteiger partial charge in [-0.1, -0.05) is 6.92 Å². The standard InChI is InChI=1S/C12H13FN4O3S/c1-6-4-21(19,20)5-10(6)14-12(18)8-2-7(13)3-9-11(8)16-17-15-9/h2-3,6,10H,4-5H2,1H3,(H,14,18)(H,15,16,17)/t6-,10+/m0/s1. The number of H-pyrrole nitrogens is 1. The molecule has 2 N–H and O–H groups in total. The molecule has 3 rings (SSSR count). The van der Waals surface area contributed by atoms with Gasteiger partial charge in [-0.05, 0) is 12.0 Å². The van der Waals surface area contributed by atoms with E-state index in [4.69, 9.17) is 0 Å².